The molecule has 2 unspecified atom stereocenters. The maximum atomic E-state index is 12.4. The summed E-state index contributed by atoms with van der Waals surface area (Å²) >= 11 is 0. The van der Waals surface area contributed by atoms with Crippen molar-refractivity contribution in [1.29, 1.82) is 0 Å². The SMILES string of the molecule is CCC(C)c1ccc(S(=O)(=O)NCC(N)c2ccccc2)cc1. The molecule has 0 radical (unpaired) electrons. The Hall–Kier alpha value is -1.69. The highest BCUT2D eigenvalue weighted by atomic mass is 32.2. The van der Waals surface area contributed by atoms with E-state index in [2.05, 4.69) is 18.6 Å². The molecule has 2 rings (SSSR count). The molecule has 4 nitrogen and oxygen atoms in total. The summed E-state index contributed by atoms with van der Waals surface area (Å²) in [5, 5.41) is 0. The van der Waals surface area contributed by atoms with Crippen LogP contribution in [0.4, 0.5) is 0 Å². The summed E-state index contributed by atoms with van der Waals surface area (Å²) < 4.78 is 27.3. The van der Waals surface area contributed by atoms with E-state index in [1.54, 1.807) is 12.1 Å². The number of nitrogens with two attached hydrogens (primary N) is 1. The summed E-state index contributed by atoms with van der Waals surface area (Å²) in [4.78, 5) is 0.268. The quantitative estimate of drug-likeness (QED) is 0.818. The molecule has 0 heterocycles. The molecule has 0 aliphatic carbocycles. The minimum absolute atomic E-state index is 0.166. The average Bonchev–Trinajstić information content (AvgIpc) is 2.60. The minimum atomic E-state index is -3.54. The lowest BCUT2D eigenvalue weighted by atomic mass is 9.99. The van der Waals surface area contributed by atoms with Gasteiger partial charge in [0, 0.05) is 12.6 Å². The molecule has 2 atom stereocenters. The van der Waals surface area contributed by atoms with Crippen LogP contribution in [0.25, 0.3) is 0 Å². The van der Waals surface area contributed by atoms with Crippen LogP contribution in [0.5, 0.6) is 0 Å². The van der Waals surface area contributed by atoms with Crippen molar-refractivity contribution in [3.63, 3.8) is 0 Å². The van der Waals surface area contributed by atoms with Crippen LogP contribution >= 0.6 is 0 Å². The summed E-state index contributed by atoms with van der Waals surface area (Å²) in [5.74, 6) is 0.422. The van der Waals surface area contributed by atoms with Crippen molar-refractivity contribution in [2.75, 3.05) is 6.54 Å². The van der Waals surface area contributed by atoms with Gasteiger partial charge in [-0.05, 0) is 35.6 Å². The highest BCUT2D eigenvalue weighted by Gasteiger charge is 2.16. The Bertz CT molecular complexity index is 712. The van der Waals surface area contributed by atoms with E-state index in [0.717, 1.165) is 17.5 Å². The second kappa shape index (κ2) is 7.73. The zero-order valence-electron chi connectivity index (χ0n) is 13.6. The smallest absolute Gasteiger partial charge is 0.240 e. The maximum absolute atomic E-state index is 12.4. The molecule has 3 N–H and O–H groups in total. The van der Waals surface area contributed by atoms with Crippen LogP contribution in [0.2, 0.25) is 0 Å². The summed E-state index contributed by atoms with van der Waals surface area (Å²) in [6, 6.07) is 16.1. The van der Waals surface area contributed by atoms with Crippen molar-refractivity contribution in [3.8, 4) is 0 Å². The maximum Gasteiger partial charge on any atom is 0.240 e. The molecule has 2 aromatic rings. The molecule has 0 aromatic heterocycles. The molecule has 0 saturated carbocycles. The van der Waals surface area contributed by atoms with Gasteiger partial charge in [0.15, 0.2) is 0 Å². The molecule has 0 saturated heterocycles. The first-order valence-corrected chi connectivity index (χ1v) is 9.32. The van der Waals surface area contributed by atoms with Crippen molar-refractivity contribution in [2.45, 2.75) is 37.1 Å². The fourth-order valence-electron chi connectivity index (χ4n) is 2.31. The second-order valence-corrected chi connectivity index (χ2v) is 7.51. The predicted octanol–water partition coefficient (Wildman–Crippen LogP) is 3.18. The van der Waals surface area contributed by atoms with Gasteiger partial charge in [0.25, 0.3) is 0 Å². The third-order valence-corrected chi connectivity index (χ3v) is 5.53. The highest BCUT2D eigenvalue weighted by molar-refractivity contribution is 7.89. The molecule has 0 spiro atoms. The molecule has 0 bridgehead atoms. The Morgan fingerprint density at radius 1 is 1.00 bits per heavy atom. The van der Waals surface area contributed by atoms with E-state index in [1.165, 1.54) is 0 Å². The number of nitrogens with one attached hydrogen (secondary N) is 1. The molecular formula is C18H24N2O2S. The van der Waals surface area contributed by atoms with E-state index in [-0.39, 0.29) is 17.5 Å². The zero-order chi connectivity index (χ0) is 16.9. The van der Waals surface area contributed by atoms with Crippen molar-refractivity contribution < 1.29 is 8.42 Å². The van der Waals surface area contributed by atoms with Gasteiger partial charge in [0.2, 0.25) is 10.0 Å². The Morgan fingerprint density at radius 3 is 2.17 bits per heavy atom. The van der Waals surface area contributed by atoms with E-state index in [0.29, 0.717) is 5.92 Å². The van der Waals surface area contributed by atoms with Crippen LogP contribution in [-0.2, 0) is 10.0 Å². The third kappa shape index (κ3) is 4.64. The molecule has 0 aliphatic heterocycles. The lowest BCUT2D eigenvalue weighted by Crippen LogP contribution is -2.32. The van der Waals surface area contributed by atoms with E-state index in [9.17, 15) is 8.42 Å². The second-order valence-electron chi connectivity index (χ2n) is 5.75. The highest BCUT2D eigenvalue weighted by Crippen LogP contribution is 2.20. The van der Waals surface area contributed by atoms with Crippen LogP contribution in [0, 0.1) is 0 Å². The van der Waals surface area contributed by atoms with Crippen LogP contribution in [0.1, 0.15) is 43.4 Å². The Kier molecular flexibility index (Phi) is 5.93. The van der Waals surface area contributed by atoms with Crippen molar-refractivity contribution in [1.82, 2.24) is 4.72 Å². The van der Waals surface area contributed by atoms with E-state index >= 15 is 0 Å². The van der Waals surface area contributed by atoms with Gasteiger partial charge in [-0.2, -0.15) is 0 Å². The van der Waals surface area contributed by atoms with E-state index < -0.39 is 10.0 Å². The molecule has 0 amide bonds. The number of sulfonamides is 1. The largest absolute Gasteiger partial charge is 0.323 e. The van der Waals surface area contributed by atoms with Gasteiger partial charge < -0.3 is 5.73 Å². The number of hydrogen-bond acceptors (Lipinski definition) is 3. The number of rotatable bonds is 7. The van der Waals surface area contributed by atoms with Crippen LogP contribution in [0.15, 0.2) is 59.5 Å². The summed E-state index contributed by atoms with van der Waals surface area (Å²) in [5.41, 5.74) is 8.09. The third-order valence-electron chi connectivity index (χ3n) is 4.09. The number of benzene rings is 2. The lowest BCUT2D eigenvalue weighted by Gasteiger charge is -2.14. The fourth-order valence-corrected chi connectivity index (χ4v) is 3.37. The van der Waals surface area contributed by atoms with Crippen molar-refractivity contribution in [2.24, 2.45) is 5.73 Å². The molecule has 124 valence electrons. The van der Waals surface area contributed by atoms with Gasteiger partial charge in [0.05, 0.1) is 4.90 Å². The van der Waals surface area contributed by atoms with Crippen LogP contribution < -0.4 is 10.5 Å². The lowest BCUT2D eigenvalue weighted by molar-refractivity contribution is 0.572. The normalized spacial score (nSPS) is 14.4. The van der Waals surface area contributed by atoms with E-state index in [1.807, 2.05) is 42.5 Å². The molecule has 5 heteroatoms. The minimum Gasteiger partial charge on any atom is -0.323 e. The summed E-state index contributed by atoms with van der Waals surface area (Å²) in [7, 11) is -3.54. The monoisotopic (exact) mass is 332 g/mol. The molecule has 2 aromatic carbocycles. The van der Waals surface area contributed by atoms with Crippen LogP contribution in [-0.4, -0.2) is 15.0 Å². The van der Waals surface area contributed by atoms with Gasteiger partial charge >= 0.3 is 0 Å². The summed E-state index contributed by atoms with van der Waals surface area (Å²) in [6.45, 7) is 4.40. The Labute approximate surface area is 138 Å². The number of hydrogen-bond donors (Lipinski definition) is 2. The first kappa shape index (κ1) is 17.7. The van der Waals surface area contributed by atoms with Crippen molar-refractivity contribution >= 4 is 10.0 Å². The van der Waals surface area contributed by atoms with Gasteiger partial charge in [-0.25, -0.2) is 13.1 Å². The fraction of sp³-hybridized carbons (Fsp3) is 0.333. The first-order chi connectivity index (χ1) is 10.9. The van der Waals surface area contributed by atoms with Gasteiger partial charge in [-0.3, -0.25) is 0 Å². The molecule has 0 fully saturated rings. The first-order valence-electron chi connectivity index (χ1n) is 7.84. The Morgan fingerprint density at radius 2 is 1.61 bits per heavy atom. The predicted molar refractivity (Wildman–Crippen MR) is 93.7 cm³/mol. The topological polar surface area (TPSA) is 72.2 Å². The average molecular weight is 332 g/mol. The van der Waals surface area contributed by atoms with Crippen LogP contribution in [0.3, 0.4) is 0 Å². The van der Waals surface area contributed by atoms with Gasteiger partial charge in [0.1, 0.15) is 0 Å². The van der Waals surface area contributed by atoms with Crippen molar-refractivity contribution in [3.05, 3.63) is 65.7 Å². The zero-order valence-corrected chi connectivity index (χ0v) is 14.4. The van der Waals surface area contributed by atoms with Gasteiger partial charge in [-0.15, -0.1) is 0 Å². The Balaban J connectivity index is 2.04. The van der Waals surface area contributed by atoms with E-state index in [4.69, 9.17) is 5.73 Å². The molecule has 0 aliphatic rings. The standard InChI is InChI=1S/C18H24N2O2S/c1-3-14(2)15-9-11-17(12-10-15)23(21,22)20-13-18(19)16-7-5-4-6-8-16/h4-12,14,18,20H,3,13,19H2,1-2H3. The molecular weight excluding hydrogens is 308 g/mol. The summed E-state index contributed by atoms with van der Waals surface area (Å²) in [6.07, 6.45) is 1.02. The van der Waals surface area contributed by atoms with Gasteiger partial charge in [-0.1, -0.05) is 56.3 Å². The molecule has 23 heavy (non-hydrogen) atoms.